The maximum atomic E-state index is 13.5. The van der Waals surface area contributed by atoms with Crippen LogP contribution in [0.3, 0.4) is 0 Å². The number of hydrogen-bond donors (Lipinski definition) is 1. The first kappa shape index (κ1) is 25.0. The maximum Gasteiger partial charge on any atom is 0.337 e. The van der Waals surface area contributed by atoms with Gasteiger partial charge in [0.15, 0.2) is 11.5 Å². The number of benzene rings is 3. The van der Waals surface area contributed by atoms with Crippen molar-refractivity contribution in [3.63, 3.8) is 0 Å². The summed E-state index contributed by atoms with van der Waals surface area (Å²) in [4.78, 5) is 25.2. The number of carbonyl (C=O) groups excluding carboxylic acids is 1. The number of carbonyl (C=O) groups is 2. The molecule has 1 aliphatic carbocycles. The summed E-state index contributed by atoms with van der Waals surface area (Å²) < 4.78 is 37.1. The summed E-state index contributed by atoms with van der Waals surface area (Å²) in [6, 6.07) is 15.6. The zero-order valence-electron chi connectivity index (χ0n) is 20.8. The van der Waals surface area contributed by atoms with E-state index in [1.54, 1.807) is 6.07 Å². The molecule has 0 atom stereocenters. The fourth-order valence-electron chi connectivity index (χ4n) is 4.78. The van der Waals surface area contributed by atoms with Crippen molar-refractivity contribution in [1.29, 1.82) is 0 Å². The molecule has 0 aromatic heterocycles. The van der Waals surface area contributed by atoms with Gasteiger partial charge in [0.05, 0.1) is 15.9 Å². The van der Waals surface area contributed by atoms with Gasteiger partial charge < -0.3 is 14.6 Å². The largest absolute Gasteiger partial charge is 0.478 e. The minimum atomic E-state index is -3.93. The van der Waals surface area contributed by atoms with Crippen LogP contribution in [0.25, 0.3) is 11.1 Å². The highest BCUT2D eigenvalue weighted by Gasteiger charge is 2.50. The normalized spacial score (nSPS) is 15.6. The average molecular weight is 522 g/mol. The number of rotatable bonds is 8. The molecule has 0 saturated heterocycles. The second-order valence-electron chi connectivity index (χ2n) is 9.70. The number of carboxylic acids is 1. The van der Waals surface area contributed by atoms with E-state index in [9.17, 15) is 23.1 Å². The third-order valence-electron chi connectivity index (χ3n) is 7.16. The standard InChI is InChI=1S/C28H27NO7S/c1-17-4-5-18(13-26(30)28(10-11-28)20-7-8-23-24(15-20)36-16-35-23)12-21(17)19-6-9-25(22(14-19)27(31)32)37(33,34)29(2)3/h4-9,12,14-15H,10-11,13,16H2,1-3H3,(H,31,32). The molecule has 8 nitrogen and oxygen atoms in total. The number of aromatic carboxylic acids is 1. The molecule has 0 spiro atoms. The van der Waals surface area contributed by atoms with E-state index < -0.39 is 21.4 Å². The van der Waals surface area contributed by atoms with Gasteiger partial charge in [-0.25, -0.2) is 17.5 Å². The Hall–Kier alpha value is -3.69. The van der Waals surface area contributed by atoms with E-state index in [4.69, 9.17) is 9.47 Å². The lowest BCUT2D eigenvalue weighted by atomic mass is 9.86. The number of aryl methyl sites for hydroxylation is 1. The fourth-order valence-corrected chi connectivity index (χ4v) is 5.84. The van der Waals surface area contributed by atoms with E-state index in [0.717, 1.165) is 39.4 Å². The Kier molecular flexibility index (Phi) is 6.08. The zero-order valence-corrected chi connectivity index (χ0v) is 21.6. The number of nitrogens with zero attached hydrogens (tertiary/aromatic N) is 1. The highest BCUT2D eigenvalue weighted by molar-refractivity contribution is 7.89. The number of ether oxygens (including phenoxy) is 2. The summed E-state index contributed by atoms with van der Waals surface area (Å²) in [5.74, 6) is 0.119. The van der Waals surface area contributed by atoms with Crippen LogP contribution in [0, 0.1) is 6.92 Å². The maximum absolute atomic E-state index is 13.5. The van der Waals surface area contributed by atoms with Gasteiger partial charge in [0.2, 0.25) is 16.8 Å². The predicted octanol–water partition coefficient (Wildman–Crippen LogP) is 4.18. The van der Waals surface area contributed by atoms with Gasteiger partial charge in [-0.2, -0.15) is 0 Å². The number of sulfonamides is 1. The van der Waals surface area contributed by atoms with Crippen LogP contribution in [-0.4, -0.2) is 50.5 Å². The first-order valence-corrected chi connectivity index (χ1v) is 13.3. The monoisotopic (exact) mass is 521 g/mol. The van der Waals surface area contributed by atoms with Gasteiger partial charge in [0, 0.05) is 20.5 Å². The second-order valence-corrected chi connectivity index (χ2v) is 11.8. The molecule has 1 aliphatic heterocycles. The zero-order chi connectivity index (χ0) is 26.5. The van der Waals surface area contributed by atoms with Crippen LogP contribution >= 0.6 is 0 Å². The minimum Gasteiger partial charge on any atom is -0.478 e. The number of hydrogen-bond acceptors (Lipinski definition) is 6. The van der Waals surface area contributed by atoms with Crippen molar-refractivity contribution in [2.45, 2.75) is 36.5 Å². The van der Waals surface area contributed by atoms with Gasteiger partial charge in [0.1, 0.15) is 5.78 Å². The third-order valence-corrected chi connectivity index (χ3v) is 9.03. The summed E-state index contributed by atoms with van der Waals surface area (Å²) in [5, 5.41) is 9.74. The molecule has 1 fully saturated rings. The van der Waals surface area contributed by atoms with Crippen molar-refractivity contribution in [1.82, 2.24) is 4.31 Å². The van der Waals surface area contributed by atoms with Crippen LogP contribution in [0.1, 0.15) is 39.9 Å². The Morgan fingerprint density at radius 1 is 0.973 bits per heavy atom. The molecule has 0 bridgehead atoms. The Bertz CT molecular complexity index is 1540. The molecule has 0 radical (unpaired) electrons. The van der Waals surface area contributed by atoms with E-state index >= 15 is 0 Å². The molecule has 3 aromatic rings. The molecule has 37 heavy (non-hydrogen) atoms. The lowest BCUT2D eigenvalue weighted by molar-refractivity contribution is -0.120. The van der Waals surface area contributed by atoms with Crippen molar-refractivity contribution >= 4 is 21.8 Å². The van der Waals surface area contributed by atoms with Crippen molar-refractivity contribution in [2.24, 2.45) is 0 Å². The number of carboxylic acid groups (broad SMARTS) is 1. The third kappa shape index (κ3) is 4.38. The first-order chi connectivity index (χ1) is 17.5. The summed E-state index contributed by atoms with van der Waals surface area (Å²) in [5.41, 5.74) is 3.09. The molecule has 0 unspecified atom stereocenters. The van der Waals surface area contributed by atoms with E-state index in [2.05, 4.69) is 0 Å². The fraction of sp³-hybridized carbons (Fsp3) is 0.286. The number of ketones is 1. The predicted molar refractivity (Wildman–Crippen MR) is 137 cm³/mol. The lowest BCUT2D eigenvalue weighted by Crippen LogP contribution is -2.24. The SMILES string of the molecule is Cc1ccc(CC(=O)C2(c3ccc4c(c3)OCO4)CC2)cc1-c1ccc(S(=O)(=O)N(C)C)c(C(=O)O)c1. The Morgan fingerprint density at radius 2 is 1.70 bits per heavy atom. The van der Waals surface area contributed by atoms with Gasteiger partial charge in [-0.05, 0) is 71.8 Å². The van der Waals surface area contributed by atoms with E-state index in [1.165, 1.54) is 26.2 Å². The molecule has 0 amide bonds. The Balaban J connectivity index is 1.45. The highest BCUT2D eigenvalue weighted by Crippen LogP contribution is 2.51. The Morgan fingerprint density at radius 3 is 2.38 bits per heavy atom. The molecule has 2 aliphatic rings. The molecule has 3 aromatic carbocycles. The summed E-state index contributed by atoms with van der Waals surface area (Å²) >= 11 is 0. The molecule has 192 valence electrons. The van der Waals surface area contributed by atoms with Crippen molar-refractivity contribution in [2.75, 3.05) is 20.9 Å². The lowest BCUT2D eigenvalue weighted by Gasteiger charge is -2.17. The molecule has 1 saturated carbocycles. The summed E-state index contributed by atoms with van der Waals surface area (Å²) in [6.07, 6.45) is 1.77. The van der Waals surface area contributed by atoms with Crippen LogP contribution in [0.2, 0.25) is 0 Å². The van der Waals surface area contributed by atoms with E-state index in [1.807, 2.05) is 43.3 Å². The van der Waals surface area contributed by atoms with Crippen molar-refractivity contribution in [3.05, 3.63) is 76.9 Å². The van der Waals surface area contributed by atoms with Gasteiger partial charge >= 0.3 is 5.97 Å². The highest BCUT2D eigenvalue weighted by atomic mass is 32.2. The molecule has 9 heteroatoms. The van der Waals surface area contributed by atoms with Crippen LogP contribution in [0.4, 0.5) is 0 Å². The van der Waals surface area contributed by atoms with Crippen LogP contribution < -0.4 is 9.47 Å². The van der Waals surface area contributed by atoms with E-state index in [-0.39, 0.29) is 29.5 Å². The average Bonchev–Trinajstić information content (AvgIpc) is 3.55. The summed E-state index contributed by atoms with van der Waals surface area (Å²) in [6.45, 7) is 2.07. The van der Waals surface area contributed by atoms with Crippen LogP contribution in [0.15, 0.2) is 59.5 Å². The van der Waals surface area contributed by atoms with Crippen LogP contribution in [0.5, 0.6) is 11.5 Å². The van der Waals surface area contributed by atoms with Gasteiger partial charge in [-0.15, -0.1) is 0 Å². The van der Waals surface area contributed by atoms with Gasteiger partial charge in [0.25, 0.3) is 0 Å². The van der Waals surface area contributed by atoms with Crippen molar-refractivity contribution in [3.8, 4) is 22.6 Å². The van der Waals surface area contributed by atoms with Gasteiger partial charge in [-0.3, -0.25) is 4.79 Å². The summed E-state index contributed by atoms with van der Waals surface area (Å²) in [7, 11) is -1.22. The number of fused-ring (bicyclic) bond motifs is 1. The smallest absolute Gasteiger partial charge is 0.337 e. The molecular weight excluding hydrogens is 494 g/mol. The number of Topliss-reactive ketones (excluding diaryl/α,β-unsaturated/α-hetero) is 1. The minimum absolute atomic E-state index is 0.111. The topological polar surface area (TPSA) is 110 Å². The first-order valence-electron chi connectivity index (χ1n) is 11.9. The quantitative estimate of drug-likeness (QED) is 0.473. The molecule has 1 heterocycles. The Labute approximate surface area is 215 Å². The van der Waals surface area contributed by atoms with Crippen LogP contribution in [-0.2, 0) is 26.7 Å². The van der Waals surface area contributed by atoms with Gasteiger partial charge in [-0.1, -0.05) is 30.3 Å². The second kappa shape index (κ2) is 9.00. The van der Waals surface area contributed by atoms with Crippen molar-refractivity contribution < 1.29 is 32.6 Å². The van der Waals surface area contributed by atoms with E-state index in [0.29, 0.717) is 17.1 Å². The molecule has 5 rings (SSSR count). The molecular formula is C28H27NO7S. The molecule has 1 N–H and O–H groups in total.